The van der Waals surface area contributed by atoms with Crippen LogP contribution in [0.5, 0.6) is 0 Å². The molecule has 4 aromatic rings. The summed E-state index contributed by atoms with van der Waals surface area (Å²) >= 11 is 0. The number of nitrogens with one attached hydrogen (secondary N) is 3. The number of hydrogen-bond donors (Lipinski definition) is 3. The monoisotopic (exact) mass is 483 g/mol. The normalized spacial score (nSPS) is 15.1. The van der Waals surface area contributed by atoms with Gasteiger partial charge in [-0.3, -0.25) is 14.6 Å². The van der Waals surface area contributed by atoms with Gasteiger partial charge in [0.25, 0.3) is 5.91 Å². The van der Waals surface area contributed by atoms with E-state index in [2.05, 4.69) is 25.6 Å². The van der Waals surface area contributed by atoms with Crippen LogP contribution in [0, 0.1) is 5.82 Å². The molecule has 1 aromatic carbocycles. The molecule has 8 heteroatoms. The molecule has 0 saturated carbocycles. The predicted octanol–water partition coefficient (Wildman–Crippen LogP) is 5.08. The Morgan fingerprint density at radius 3 is 2.58 bits per heavy atom. The molecular formula is C28H26FN5O2. The van der Waals surface area contributed by atoms with E-state index in [1.54, 1.807) is 43.7 Å². The van der Waals surface area contributed by atoms with Gasteiger partial charge in [0.1, 0.15) is 11.6 Å². The van der Waals surface area contributed by atoms with Crippen LogP contribution in [0.2, 0.25) is 0 Å². The van der Waals surface area contributed by atoms with Crippen LogP contribution in [0.25, 0.3) is 22.4 Å². The zero-order chi connectivity index (χ0) is 25.4. The first-order valence-electron chi connectivity index (χ1n) is 11.7. The number of rotatable bonds is 5. The van der Waals surface area contributed by atoms with E-state index in [-0.39, 0.29) is 23.2 Å². The lowest BCUT2D eigenvalue weighted by Gasteiger charge is -2.30. The fourth-order valence-electron chi connectivity index (χ4n) is 4.60. The van der Waals surface area contributed by atoms with E-state index < -0.39 is 5.92 Å². The Balaban J connectivity index is 1.52. The molecule has 2 amide bonds. The minimum absolute atomic E-state index is 0.140. The molecule has 0 radical (unpaired) electrons. The molecule has 3 aromatic heterocycles. The van der Waals surface area contributed by atoms with Crippen molar-refractivity contribution in [3.8, 4) is 22.4 Å². The number of pyridine rings is 2. The third-order valence-electron chi connectivity index (χ3n) is 6.39. The summed E-state index contributed by atoms with van der Waals surface area (Å²) < 4.78 is 13.3. The Morgan fingerprint density at radius 2 is 1.86 bits per heavy atom. The van der Waals surface area contributed by atoms with Gasteiger partial charge in [0.15, 0.2) is 0 Å². The second kappa shape index (κ2) is 9.03. The summed E-state index contributed by atoms with van der Waals surface area (Å²) in [6, 6.07) is 13.2. The standard InChI is InChI=1S/C28H26FN5O2/c1-16(17-6-8-20(29)9-7-17)26(35)33-22-13-18(10-12-31-22)25-23(19-5-4-11-30-15-19)24-21(32-25)14-28(2,3)34-27(24)36/h4-13,15-16,32H,14H2,1-3H3,(H,34,36)(H,31,33,35)/t16-/m0/s1. The number of aromatic amines is 1. The zero-order valence-electron chi connectivity index (χ0n) is 20.2. The van der Waals surface area contributed by atoms with Crippen LogP contribution in [0.15, 0.2) is 67.1 Å². The zero-order valence-corrected chi connectivity index (χ0v) is 20.2. The fourth-order valence-corrected chi connectivity index (χ4v) is 4.60. The van der Waals surface area contributed by atoms with Gasteiger partial charge in [0, 0.05) is 52.9 Å². The molecule has 5 rings (SSSR count). The van der Waals surface area contributed by atoms with Crippen LogP contribution in [-0.4, -0.2) is 32.3 Å². The topological polar surface area (TPSA) is 99.8 Å². The van der Waals surface area contributed by atoms with Gasteiger partial charge in [-0.1, -0.05) is 18.2 Å². The molecule has 182 valence electrons. The van der Waals surface area contributed by atoms with Crippen molar-refractivity contribution in [2.75, 3.05) is 5.32 Å². The van der Waals surface area contributed by atoms with Crippen LogP contribution in [0.1, 0.15) is 48.3 Å². The maximum Gasteiger partial charge on any atom is 0.254 e. The van der Waals surface area contributed by atoms with E-state index >= 15 is 0 Å². The van der Waals surface area contributed by atoms with Crippen molar-refractivity contribution in [2.45, 2.75) is 38.6 Å². The lowest BCUT2D eigenvalue weighted by atomic mass is 9.88. The molecule has 0 aliphatic carbocycles. The van der Waals surface area contributed by atoms with Crippen LogP contribution >= 0.6 is 0 Å². The van der Waals surface area contributed by atoms with Crippen LogP contribution in [0.4, 0.5) is 10.2 Å². The van der Waals surface area contributed by atoms with E-state index in [9.17, 15) is 14.0 Å². The van der Waals surface area contributed by atoms with E-state index in [4.69, 9.17) is 0 Å². The van der Waals surface area contributed by atoms with E-state index in [1.807, 2.05) is 32.0 Å². The lowest BCUT2D eigenvalue weighted by molar-refractivity contribution is -0.117. The van der Waals surface area contributed by atoms with Crippen molar-refractivity contribution >= 4 is 17.6 Å². The van der Waals surface area contributed by atoms with Gasteiger partial charge in [0.2, 0.25) is 5.91 Å². The van der Waals surface area contributed by atoms with Crippen LogP contribution < -0.4 is 10.6 Å². The van der Waals surface area contributed by atoms with Crippen molar-refractivity contribution in [2.24, 2.45) is 0 Å². The molecule has 0 unspecified atom stereocenters. The molecule has 1 atom stereocenters. The van der Waals surface area contributed by atoms with E-state index in [1.165, 1.54) is 12.1 Å². The minimum Gasteiger partial charge on any atom is -0.357 e. The second-order valence-electron chi connectivity index (χ2n) is 9.68. The number of H-pyrrole nitrogens is 1. The first kappa shape index (κ1) is 23.4. The third-order valence-corrected chi connectivity index (χ3v) is 6.39. The summed E-state index contributed by atoms with van der Waals surface area (Å²) in [4.78, 5) is 38.1. The van der Waals surface area contributed by atoms with Crippen molar-refractivity contribution < 1.29 is 14.0 Å². The average Bonchev–Trinajstić information content (AvgIpc) is 3.23. The Hall–Kier alpha value is -4.33. The third kappa shape index (κ3) is 4.49. The highest BCUT2D eigenvalue weighted by Crippen LogP contribution is 2.39. The molecule has 0 spiro atoms. The quantitative estimate of drug-likeness (QED) is 0.368. The summed E-state index contributed by atoms with van der Waals surface area (Å²) in [7, 11) is 0. The van der Waals surface area contributed by atoms with E-state index in [0.717, 1.165) is 28.1 Å². The molecule has 0 bridgehead atoms. The van der Waals surface area contributed by atoms with E-state index in [0.29, 0.717) is 23.4 Å². The van der Waals surface area contributed by atoms with Gasteiger partial charge in [0.05, 0.1) is 17.2 Å². The van der Waals surface area contributed by atoms with Gasteiger partial charge < -0.3 is 15.6 Å². The Bertz CT molecular complexity index is 1440. The Kier molecular flexibility index (Phi) is 5.88. The minimum atomic E-state index is -0.495. The number of aromatic nitrogens is 3. The van der Waals surface area contributed by atoms with Crippen molar-refractivity contribution in [3.63, 3.8) is 0 Å². The summed E-state index contributed by atoms with van der Waals surface area (Å²) in [6.07, 6.45) is 5.68. The second-order valence-corrected chi connectivity index (χ2v) is 9.68. The van der Waals surface area contributed by atoms with Gasteiger partial charge >= 0.3 is 0 Å². The highest BCUT2D eigenvalue weighted by Gasteiger charge is 2.35. The predicted molar refractivity (Wildman–Crippen MR) is 136 cm³/mol. The van der Waals surface area contributed by atoms with Crippen LogP contribution in [0.3, 0.4) is 0 Å². The molecule has 7 nitrogen and oxygen atoms in total. The van der Waals surface area contributed by atoms with Gasteiger partial charge in [-0.15, -0.1) is 0 Å². The molecule has 4 heterocycles. The average molecular weight is 484 g/mol. The molecule has 1 aliphatic heterocycles. The van der Waals surface area contributed by atoms with Gasteiger partial charge in [-0.2, -0.15) is 0 Å². The Morgan fingerprint density at radius 1 is 1.08 bits per heavy atom. The smallest absolute Gasteiger partial charge is 0.254 e. The number of carbonyl (C=O) groups is 2. The Labute approximate surface area is 208 Å². The number of hydrogen-bond acceptors (Lipinski definition) is 4. The maximum absolute atomic E-state index is 13.3. The van der Waals surface area contributed by atoms with Gasteiger partial charge in [-0.05, 0) is 56.7 Å². The van der Waals surface area contributed by atoms with Crippen molar-refractivity contribution in [3.05, 3.63) is 89.8 Å². The largest absolute Gasteiger partial charge is 0.357 e. The number of benzene rings is 1. The lowest BCUT2D eigenvalue weighted by Crippen LogP contribution is -2.49. The summed E-state index contributed by atoms with van der Waals surface area (Å²) in [5.41, 5.74) is 4.87. The summed E-state index contributed by atoms with van der Waals surface area (Å²) in [5, 5.41) is 5.94. The number of halogens is 1. The fraction of sp³-hybridized carbons (Fsp3) is 0.214. The molecular weight excluding hydrogens is 457 g/mol. The molecule has 0 fully saturated rings. The number of fused-ring (bicyclic) bond motifs is 1. The number of amides is 2. The van der Waals surface area contributed by atoms with Crippen molar-refractivity contribution in [1.29, 1.82) is 0 Å². The van der Waals surface area contributed by atoms with Crippen molar-refractivity contribution in [1.82, 2.24) is 20.3 Å². The highest BCUT2D eigenvalue weighted by atomic mass is 19.1. The molecule has 1 aliphatic rings. The molecule has 0 saturated heterocycles. The van der Waals surface area contributed by atoms with Crippen LogP contribution in [-0.2, 0) is 11.2 Å². The number of nitrogens with zero attached hydrogens (tertiary/aromatic N) is 2. The first-order valence-corrected chi connectivity index (χ1v) is 11.7. The number of anilines is 1. The highest BCUT2D eigenvalue weighted by molar-refractivity contribution is 6.07. The first-order chi connectivity index (χ1) is 17.2. The molecule has 3 N–H and O–H groups in total. The van der Waals surface area contributed by atoms with Gasteiger partial charge in [-0.25, -0.2) is 9.37 Å². The number of carbonyl (C=O) groups excluding carboxylic acids is 2. The molecule has 36 heavy (non-hydrogen) atoms. The summed E-state index contributed by atoms with van der Waals surface area (Å²) in [6.45, 7) is 5.73. The SMILES string of the molecule is C[C@H](C(=O)Nc1cc(-c2[nH]c3c(c2-c2cccnc2)C(=O)NC(C)(C)C3)ccn1)c1ccc(F)cc1. The summed E-state index contributed by atoms with van der Waals surface area (Å²) in [5.74, 6) is -0.869. The maximum atomic E-state index is 13.3.